The molecule has 4 heteroatoms. The van der Waals surface area contributed by atoms with Crippen molar-refractivity contribution in [3.05, 3.63) is 66.0 Å². The van der Waals surface area contributed by atoms with Gasteiger partial charge in [0.15, 0.2) is 0 Å². The van der Waals surface area contributed by atoms with E-state index in [0.29, 0.717) is 24.8 Å². The number of hydrogen-bond donors (Lipinski definition) is 0. The molecule has 0 saturated carbocycles. The van der Waals surface area contributed by atoms with Crippen molar-refractivity contribution in [2.75, 3.05) is 18.4 Å². The Morgan fingerprint density at radius 2 is 1.67 bits per heavy atom. The van der Waals surface area contributed by atoms with Gasteiger partial charge in [0.1, 0.15) is 11.6 Å². The summed E-state index contributed by atoms with van der Waals surface area (Å²) in [4.78, 5) is 0. The molecule has 2 aromatic carbocycles. The molecule has 112 valence electrons. The first kappa shape index (κ1) is 16.1. The summed E-state index contributed by atoms with van der Waals surface area (Å²) in [6, 6.07) is 16.0. The van der Waals surface area contributed by atoms with E-state index in [1.54, 1.807) is 6.07 Å². The van der Waals surface area contributed by atoms with Crippen LogP contribution < -0.4 is 4.74 Å². The van der Waals surface area contributed by atoms with Crippen molar-refractivity contribution in [1.29, 1.82) is 0 Å². The van der Waals surface area contributed by atoms with E-state index in [0.717, 1.165) is 11.3 Å². The van der Waals surface area contributed by atoms with Gasteiger partial charge in [0.2, 0.25) is 0 Å². The molecule has 0 saturated heterocycles. The van der Waals surface area contributed by atoms with Gasteiger partial charge in [-0.15, -0.1) is 23.2 Å². The van der Waals surface area contributed by atoms with Crippen LogP contribution in [0.4, 0.5) is 4.39 Å². The molecule has 0 fully saturated rings. The molecule has 0 radical (unpaired) electrons. The van der Waals surface area contributed by atoms with Crippen LogP contribution in [-0.2, 0) is 5.41 Å². The third kappa shape index (κ3) is 4.12. The Balaban J connectivity index is 2.08. The van der Waals surface area contributed by atoms with Crippen LogP contribution in [0.2, 0.25) is 0 Å². The third-order valence-corrected chi connectivity index (χ3v) is 4.56. The van der Waals surface area contributed by atoms with E-state index in [4.69, 9.17) is 27.9 Å². The number of alkyl halides is 2. The Morgan fingerprint density at radius 3 is 2.29 bits per heavy atom. The van der Waals surface area contributed by atoms with Gasteiger partial charge in [-0.25, -0.2) is 4.39 Å². The van der Waals surface area contributed by atoms with Gasteiger partial charge in [0, 0.05) is 17.2 Å². The van der Waals surface area contributed by atoms with Gasteiger partial charge in [-0.1, -0.05) is 30.3 Å². The highest BCUT2D eigenvalue weighted by atomic mass is 35.5. The largest absolute Gasteiger partial charge is 0.494 e. The van der Waals surface area contributed by atoms with Gasteiger partial charge < -0.3 is 4.74 Å². The van der Waals surface area contributed by atoms with Crippen molar-refractivity contribution in [3.8, 4) is 5.75 Å². The van der Waals surface area contributed by atoms with Gasteiger partial charge in [-0.3, -0.25) is 0 Å². The van der Waals surface area contributed by atoms with Crippen molar-refractivity contribution in [1.82, 2.24) is 0 Å². The maximum Gasteiger partial charge on any atom is 0.123 e. The van der Waals surface area contributed by atoms with E-state index in [2.05, 4.69) is 0 Å². The number of benzene rings is 2. The van der Waals surface area contributed by atoms with Crippen LogP contribution in [0.15, 0.2) is 54.6 Å². The normalized spacial score (nSPS) is 11.4. The Bertz CT molecular complexity index is 556. The second kappa shape index (κ2) is 7.67. The minimum atomic E-state index is -0.486. The summed E-state index contributed by atoms with van der Waals surface area (Å²) in [7, 11) is 0. The topological polar surface area (TPSA) is 9.23 Å². The molecule has 21 heavy (non-hydrogen) atoms. The molecule has 0 amide bonds. The molecule has 1 nitrogen and oxygen atoms in total. The fraction of sp³-hybridized carbons (Fsp3) is 0.294. The predicted molar refractivity (Wildman–Crippen MR) is 86.1 cm³/mol. The summed E-state index contributed by atoms with van der Waals surface area (Å²) < 4.78 is 19.1. The lowest BCUT2D eigenvalue weighted by Crippen LogP contribution is -2.32. The first-order valence-electron chi connectivity index (χ1n) is 6.76. The lowest BCUT2D eigenvalue weighted by Gasteiger charge is -2.30. The SMILES string of the molecule is Fc1cccc(C(CCl)(CCl)CCOc2ccccc2)c1. The molecule has 2 aromatic rings. The van der Waals surface area contributed by atoms with E-state index in [1.165, 1.54) is 12.1 Å². The van der Waals surface area contributed by atoms with Gasteiger partial charge in [0.05, 0.1) is 6.61 Å². The minimum absolute atomic E-state index is 0.281. The summed E-state index contributed by atoms with van der Waals surface area (Å²) in [5.74, 6) is 1.15. The number of para-hydroxylation sites is 1. The van der Waals surface area contributed by atoms with Crippen molar-refractivity contribution in [2.24, 2.45) is 0 Å². The summed E-state index contributed by atoms with van der Waals surface area (Å²) in [5, 5.41) is 0. The van der Waals surface area contributed by atoms with Gasteiger partial charge in [-0.2, -0.15) is 0 Å². The second-order valence-corrected chi connectivity index (χ2v) is 5.50. The summed E-state index contributed by atoms with van der Waals surface area (Å²) in [5.41, 5.74) is 0.323. The van der Waals surface area contributed by atoms with Crippen LogP contribution in [-0.4, -0.2) is 18.4 Å². The standard InChI is InChI=1S/C17H17Cl2FO/c18-12-17(13-19,14-5-4-6-15(20)11-14)9-10-21-16-7-2-1-3-8-16/h1-8,11H,9-10,12-13H2. The Hall–Kier alpha value is -1.25. The Morgan fingerprint density at radius 1 is 0.952 bits per heavy atom. The predicted octanol–water partition coefficient (Wildman–Crippen LogP) is 5.01. The number of ether oxygens (including phenoxy) is 1. The zero-order valence-electron chi connectivity index (χ0n) is 11.6. The molecular formula is C17H17Cl2FO. The van der Waals surface area contributed by atoms with Crippen molar-refractivity contribution in [3.63, 3.8) is 0 Å². The monoisotopic (exact) mass is 326 g/mol. The average molecular weight is 327 g/mol. The molecule has 0 spiro atoms. The van der Waals surface area contributed by atoms with Crippen molar-refractivity contribution < 1.29 is 9.13 Å². The molecular weight excluding hydrogens is 310 g/mol. The molecule has 0 aliphatic carbocycles. The number of rotatable bonds is 7. The highest BCUT2D eigenvalue weighted by molar-refractivity contribution is 6.22. The first-order valence-corrected chi connectivity index (χ1v) is 7.83. The molecule has 0 aliphatic heterocycles. The minimum Gasteiger partial charge on any atom is -0.494 e. The molecule has 0 N–H and O–H groups in total. The summed E-state index contributed by atoms with van der Waals surface area (Å²) >= 11 is 12.3. The van der Waals surface area contributed by atoms with Crippen LogP contribution in [0.25, 0.3) is 0 Å². The maximum absolute atomic E-state index is 13.4. The van der Waals surface area contributed by atoms with Gasteiger partial charge in [-0.05, 0) is 36.2 Å². The second-order valence-electron chi connectivity index (χ2n) is 4.97. The van der Waals surface area contributed by atoms with Crippen LogP contribution in [0.1, 0.15) is 12.0 Å². The highest BCUT2D eigenvalue weighted by Crippen LogP contribution is 2.32. The van der Waals surface area contributed by atoms with E-state index >= 15 is 0 Å². The molecule has 0 aliphatic rings. The molecule has 2 rings (SSSR count). The number of hydrogen-bond acceptors (Lipinski definition) is 1. The smallest absolute Gasteiger partial charge is 0.123 e. The van der Waals surface area contributed by atoms with Crippen LogP contribution in [0, 0.1) is 5.82 Å². The van der Waals surface area contributed by atoms with Crippen LogP contribution in [0.3, 0.4) is 0 Å². The fourth-order valence-electron chi connectivity index (χ4n) is 2.17. The first-order chi connectivity index (χ1) is 10.2. The van der Waals surface area contributed by atoms with E-state index < -0.39 is 5.41 Å². The maximum atomic E-state index is 13.4. The highest BCUT2D eigenvalue weighted by Gasteiger charge is 2.31. The molecule has 0 aromatic heterocycles. The summed E-state index contributed by atoms with van der Waals surface area (Å²) in [6.07, 6.45) is 0.623. The summed E-state index contributed by atoms with van der Waals surface area (Å²) in [6.45, 7) is 0.472. The molecule has 0 bridgehead atoms. The fourth-order valence-corrected chi connectivity index (χ4v) is 3.03. The van der Waals surface area contributed by atoms with E-state index in [1.807, 2.05) is 36.4 Å². The van der Waals surface area contributed by atoms with Crippen LogP contribution in [0.5, 0.6) is 5.75 Å². The zero-order chi connectivity index (χ0) is 15.1. The Kier molecular flexibility index (Phi) is 5.89. The third-order valence-electron chi connectivity index (χ3n) is 3.54. The van der Waals surface area contributed by atoms with E-state index in [9.17, 15) is 4.39 Å². The van der Waals surface area contributed by atoms with Crippen molar-refractivity contribution >= 4 is 23.2 Å². The molecule has 0 heterocycles. The lowest BCUT2D eigenvalue weighted by atomic mass is 9.81. The zero-order valence-corrected chi connectivity index (χ0v) is 13.1. The van der Waals surface area contributed by atoms with Crippen molar-refractivity contribution in [2.45, 2.75) is 11.8 Å². The molecule has 0 atom stereocenters. The van der Waals surface area contributed by atoms with Gasteiger partial charge >= 0.3 is 0 Å². The Labute approximate surface area is 134 Å². The van der Waals surface area contributed by atoms with Gasteiger partial charge in [0.25, 0.3) is 0 Å². The molecule has 0 unspecified atom stereocenters. The van der Waals surface area contributed by atoms with Crippen LogP contribution >= 0.6 is 23.2 Å². The average Bonchev–Trinajstić information content (AvgIpc) is 2.53. The van der Waals surface area contributed by atoms with E-state index in [-0.39, 0.29) is 5.82 Å². The quantitative estimate of drug-likeness (QED) is 0.650. The number of halogens is 3. The lowest BCUT2D eigenvalue weighted by molar-refractivity contribution is 0.275.